The van der Waals surface area contributed by atoms with Crippen LogP contribution in [-0.2, 0) is 6.54 Å². The number of aliphatic hydroxyl groups excluding tert-OH is 1. The van der Waals surface area contributed by atoms with Gasteiger partial charge in [-0.25, -0.2) is 0 Å². The number of ketones is 1. The zero-order valence-electron chi connectivity index (χ0n) is 15.1. The molecule has 0 saturated carbocycles. The summed E-state index contributed by atoms with van der Waals surface area (Å²) in [5, 5.41) is 8.92. The second-order valence-electron chi connectivity index (χ2n) is 6.86. The summed E-state index contributed by atoms with van der Waals surface area (Å²) in [6.07, 6.45) is 1.52. The molecule has 3 rings (SSSR count). The van der Waals surface area contributed by atoms with E-state index in [4.69, 9.17) is 9.52 Å². The molecule has 6 nitrogen and oxygen atoms in total. The molecule has 6 heteroatoms. The quantitative estimate of drug-likeness (QED) is 0.832. The van der Waals surface area contributed by atoms with E-state index in [2.05, 4.69) is 4.90 Å². The number of piperazine rings is 1. The summed E-state index contributed by atoms with van der Waals surface area (Å²) in [6, 6.07) is 10.9. The fourth-order valence-electron chi connectivity index (χ4n) is 3.63. The Kier molecular flexibility index (Phi) is 5.54. The maximum atomic E-state index is 12.6. The van der Waals surface area contributed by atoms with Gasteiger partial charge in [0, 0.05) is 37.3 Å². The van der Waals surface area contributed by atoms with Crippen molar-refractivity contribution >= 4 is 11.7 Å². The molecule has 0 radical (unpaired) electrons. The number of furan rings is 1. The third-order valence-electron chi connectivity index (χ3n) is 4.79. The van der Waals surface area contributed by atoms with Crippen LogP contribution in [0.25, 0.3) is 0 Å². The standard InChI is InChI=1S/C20H24N2O4/c1-14-10-21(12-16-5-7-17(8-6-16)18(24)13-23)11-15(2)22(14)20(25)19-4-3-9-26-19/h3-9,14-15,23H,10-13H2,1-2H3/t14-,15+. The summed E-state index contributed by atoms with van der Waals surface area (Å²) in [5.41, 5.74) is 1.62. The van der Waals surface area contributed by atoms with E-state index in [1.54, 1.807) is 24.3 Å². The Labute approximate surface area is 153 Å². The number of amides is 1. The second kappa shape index (κ2) is 7.85. The van der Waals surface area contributed by atoms with Gasteiger partial charge in [-0.3, -0.25) is 14.5 Å². The van der Waals surface area contributed by atoms with Gasteiger partial charge in [0.2, 0.25) is 0 Å². The van der Waals surface area contributed by atoms with E-state index >= 15 is 0 Å². The summed E-state index contributed by atoms with van der Waals surface area (Å²) < 4.78 is 5.26. The molecule has 0 bridgehead atoms. The van der Waals surface area contributed by atoms with Crippen LogP contribution >= 0.6 is 0 Å². The molecule has 0 aliphatic carbocycles. The van der Waals surface area contributed by atoms with Gasteiger partial charge in [0.05, 0.1) is 6.26 Å². The highest BCUT2D eigenvalue weighted by Gasteiger charge is 2.34. The number of carbonyl (C=O) groups excluding carboxylic acids is 2. The van der Waals surface area contributed by atoms with Gasteiger partial charge >= 0.3 is 0 Å². The molecule has 0 spiro atoms. The van der Waals surface area contributed by atoms with Gasteiger partial charge in [-0.15, -0.1) is 0 Å². The number of aliphatic hydroxyl groups is 1. The molecular formula is C20H24N2O4. The van der Waals surface area contributed by atoms with Crippen molar-refractivity contribution < 1.29 is 19.1 Å². The van der Waals surface area contributed by atoms with Crippen LogP contribution in [0.3, 0.4) is 0 Å². The Morgan fingerprint density at radius 2 is 1.77 bits per heavy atom. The molecule has 0 unspecified atom stereocenters. The van der Waals surface area contributed by atoms with Crippen LogP contribution in [0, 0.1) is 0 Å². The average molecular weight is 356 g/mol. The van der Waals surface area contributed by atoms with E-state index in [1.807, 2.05) is 30.9 Å². The Bertz CT molecular complexity index is 743. The van der Waals surface area contributed by atoms with Crippen molar-refractivity contribution in [1.82, 2.24) is 9.80 Å². The predicted molar refractivity (Wildman–Crippen MR) is 96.9 cm³/mol. The van der Waals surface area contributed by atoms with E-state index in [0.29, 0.717) is 11.3 Å². The lowest BCUT2D eigenvalue weighted by Crippen LogP contribution is -2.58. The minimum Gasteiger partial charge on any atom is -0.459 e. The number of carbonyl (C=O) groups is 2. The highest BCUT2D eigenvalue weighted by atomic mass is 16.3. The summed E-state index contributed by atoms with van der Waals surface area (Å²) in [7, 11) is 0. The maximum absolute atomic E-state index is 12.6. The minimum atomic E-state index is -0.472. The molecule has 1 aliphatic rings. The predicted octanol–water partition coefficient (Wildman–Crippen LogP) is 2.19. The zero-order valence-corrected chi connectivity index (χ0v) is 15.1. The molecule has 2 aromatic rings. The van der Waals surface area contributed by atoms with E-state index in [0.717, 1.165) is 25.2 Å². The monoisotopic (exact) mass is 356 g/mol. The van der Waals surface area contributed by atoms with Gasteiger partial charge in [0.25, 0.3) is 5.91 Å². The fourth-order valence-corrected chi connectivity index (χ4v) is 3.63. The maximum Gasteiger partial charge on any atom is 0.290 e. The molecule has 1 N–H and O–H groups in total. The second-order valence-corrected chi connectivity index (χ2v) is 6.86. The molecule has 1 fully saturated rings. The van der Waals surface area contributed by atoms with Gasteiger partial charge in [-0.2, -0.15) is 0 Å². The van der Waals surface area contributed by atoms with E-state index < -0.39 is 6.61 Å². The van der Waals surface area contributed by atoms with Gasteiger partial charge in [-0.05, 0) is 31.5 Å². The lowest BCUT2D eigenvalue weighted by Gasteiger charge is -2.44. The lowest BCUT2D eigenvalue weighted by molar-refractivity contribution is 0.0243. The first-order chi connectivity index (χ1) is 12.5. The van der Waals surface area contributed by atoms with Gasteiger partial charge in [-0.1, -0.05) is 24.3 Å². The molecule has 1 amide bonds. The van der Waals surface area contributed by atoms with Crippen LogP contribution < -0.4 is 0 Å². The van der Waals surface area contributed by atoms with Crippen molar-refractivity contribution in [3.05, 3.63) is 59.5 Å². The first-order valence-corrected chi connectivity index (χ1v) is 8.81. The molecule has 2 atom stereocenters. The molecule has 26 heavy (non-hydrogen) atoms. The van der Waals surface area contributed by atoms with E-state index in [-0.39, 0.29) is 23.8 Å². The number of nitrogens with zero attached hydrogens (tertiary/aromatic N) is 2. The number of hydrogen-bond acceptors (Lipinski definition) is 5. The van der Waals surface area contributed by atoms with Crippen LogP contribution in [0.5, 0.6) is 0 Å². The normalized spacial score (nSPS) is 21.0. The average Bonchev–Trinajstić information content (AvgIpc) is 3.15. The van der Waals surface area contributed by atoms with Gasteiger partial charge < -0.3 is 14.4 Å². The first kappa shape index (κ1) is 18.4. The largest absolute Gasteiger partial charge is 0.459 e. The Balaban J connectivity index is 1.64. The molecule has 138 valence electrons. The van der Waals surface area contributed by atoms with Gasteiger partial charge in [0.15, 0.2) is 11.5 Å². The molecule has 1 aliphatic heterocycles. The van der Waals surface area contributed by atoms with Crippen LogP contribution in [0.2, 0.25) is 0 Å². The summed E-state index contributed by atoms with van der Waals surface area (Å²) in [5.74, 6) is 0.0339. The first-order valence-electron chi connectivity index (χ1n) is 8.81. The molecule has 1 aromatic carbocycles. The van der Waals surface area contributed by atoms with Crippen molar-refractivity contribution in [2.45, 2.75) is 32.5 Å². The summed E-state index contributed by atoms with van der Waals surface area (Å²) in [4.78, 5) is 28.3. The Morgan fingerprint density at radius 1 is 1.12 bits per heavy atom. The van der Waals surface area contributed by atoms with Crippen LogP contribution in [0.15, 0.2) is 47.1 Å². The van der Waals surface area contributed by atoms with Crippen LogP contribution in [0.1, 0.15) is 40.3 Å². The molecule has 2 heterocycles. The van der Waals surface area contributed by atoms with Crippen molar-refractivity contribution in [3.63, 3.8) is 0 Å². The van der Waals surface area contributed by atoms with Crippen LogP contribution in [-0.4, -0.2) is 58.4 Å². The lowest BCUT2D eigenvalue weighted by atomic mass is 10.0. The third-order valence-corrected chi connectivity index (χ3v) is 4.79. The fraction of sp³-hybridized carbons (Fsp3) is 0.400. The van der Waals surface area contributed by atoms with Gasteiger partial charge in [0.1, 0.15) is 6.61 Å². The van der Waals surface area contributed by atoms with Crippen molar-refractivity contribution in [2.24, 2.45) is 0 Å². The van der Waals surface area contributed by atoms with E-state index in [9.17, 15) is 9.59 Å². The highest BCUT2D eigenvalue weighted by molar-refractivity contribution is 5.96. The number of rotatable bonds is 5. The van der Waals surface area contributed by atoms with Crippen molar-refractivity contribution in [1.29, 1.82) is 0 Å². The van der Waals surface area contributed by atoms with Crippen LogP contribution in [0.4, 0.5) is 0 Å². The number of Topliss-reactive ketones (excluding diaryl/α,β-unsaturated/α-hetero) is 1. The zero-order chi connectivity index (χ0) is 18.7. The highest BCUT2D eigenvalue weighted by Crippen LogP contribution is 2.21. The molecule has 1 saturated heterocycles. The molecule has 1 aromatic heterocycles. The van der Waals surface area contributed by atoms with E-state index in [1.165, 1.54) is 6.26 Å². The Hall–Kier alpha value is -2.44. The minimum absolute atomic E-state index is 0.0680. The van der Waals surface area contributed by atoms with Crippen molar-refractivity contribution in [3.8, 4) is 0 Å². The van der Waals surface area contributed by atoms with Crippen molar-refractivity contribution in [2.75, 3.05) is 19.7 Å². The Morgan fingerprint density at radius 3 is 2.31 bits per heavy atom. The number of benzene rings is 1. The SMILES string of the molecule is C[C@@H]1CN(Cc2ccc(C(=O)CO)cc2)C[C@H](C)N1C(=O)c1ccco1. The third kappa shape index (κ3) is 3.86. The molecular weight excluding hydrogens is 332 g/mol. The summed E-state index contributed by atoms with van der Waals surface area (Å²) in [6.45, 7) is 5.92. The topological polar surface area (TPSA) is 74.0 Å². The number of hydrogen-bond donors (Lipinski definition) is 1. The smallest absolute Gasteiger partial charge is 0.290 e. The summed E-state index contributed by atoms with van der Waals surface area (Å²) >= 11 is 0.